The lowest BCUT2D eigenvalue weighted by molar-refractivity contribution is -0.136. The fraction of sp³-hybridized carbons (Fsp3) is 0.500. The van der Waals surface area contributed by atoms with Crippen LogP contribution >= 0.6 is 0 Å². The standard InChI is InChI=1S/C18H24N2O4/c1-12-4-6-15(7-5-12)18(23)19-9-17(22)20-10-14(11-24-3)8-16(20)13(2)21/h4-7,14,16H,8-11H2,1-3H3,(H,19,23)/t14-,16-/m0/s1. The molecule has 24 heavy (non-hydrogen) atoms. The zero-order valence-corrected chi connectivity index (χ0v) is 14.4. The van der Waals surface area contributed by atoms with Crippen LogP contribution in [0.15, 0.2) is 24.3 Å². The smallest absolute Gasteiger partial charge is 0.251 e. The Balaban J connectivity index is 1.94. The number of benzene rings is 1. The monoisotopic (exact) mass is 332 g/mol. The average molecular weight is 332 g/mol. The molecule has 1 saturated heterocycles. The molecule has 1 aliphatic heterocycles. The molecule has 0 aromatic heterocycles. The summed E-state index contributed by atoms with van der Waals surface area (Å²) in [6.07, 6.45) is 0.612. The second kappa shape index (κ2) is 8.06. The third-order valence-electron chi connectivity index (χ3n) is 4.29. The van der Waals surface area contributed by atoms with Crippen LogP contribution in [0.3, 0.4) is 0 Å². The van der Waals surface area contributed by atoms with Gasteiger partial charge in [0, 0.05) is 25.1 Å². The summed E-state index contributed by atoms with van der Waals surface area (Å²) in [5, 5.41) is 2.63. The Morgan fingerprint density at radius 2 is 1.92 bits per heavy atom. The van der Waals surface area contributed by atoms with Crippen LogP contribution in [-0.2, 0) is 14.3 Å². The second-order valence-electron chi connectivity index (χ2n) is 6.28. The summed E-state index contributed by atoms with van der Waals surface area (Å²) in [6.45, 7) is 4.32. The number of likely N-dealkylation sites (tertiary alicyclic amines) is 1. The van der Waals surface area contributed by atoms with Crippen molar-refractivity contribution in [2.24, 2.45) is 5.92 Å². The van der Waals surface area contributed by atoms with Crippen LogP contribution in [0.2, 0.25) is 0 Å². The van der Waals surface area contributed by atoms with Crippen molar-refractivity contribution < 1.29 is 19.1 Å². The van der Waals surface area contributed by atoms with Crippen LogP contribution in [0.1, 0.15) is 29.3 Å². The molecule has 2 atom stereocenters. The van der Waals surface area contributed by atoms with Gasteiger partial charge in [-0.25, -0.2) is 0 Å². The zero-order chi connectivity index (χ0) is 17.7. The molecule has 6 nitrogen and oxygen atoms in total. The molecular formula is C18H24N2O4. The highest BCUT2D eigenvalue weighted by atomic mass is 16.5. The van der Waals surface area contributed by atoms with Gasteiger partial charge in [-0.15, -0.1) is 0 Å². The van der Waals surface area contributed by atoms with Gasteiger partial charge in [0.15, 0.2) is 5.78 Å². The number of nitrogens with one attached hydrogen (secondary N) is 1. The number of carbonyl (C=O) groups is 3. The van der Waals surface area contributed by atoms with Gasteiger partial charge in [-0.3, -0.25) is 14.4 Å². The molecule has 0 saturated carbocycles. The van der Waals surface area contributed by atoms with Crippen LogP contribution in [0.25, 0.3) is 0 Å². The molecule has 0 aliphatic carbocycles. The van der Waals surface area contributed by atoms with E-state index in [1.54, 1.807) is 24.1 Å². The summed E-state index contributed by atoms with van der Waals surface area (Å²) in [5.74, 6) is -0.419. The van der Waals surface area contributed by atoms with E-state index in [2.05, 4.69) is 5.32 Å². The Morgan fingerprint density at radius 3 is 2.50 bits per heavy atom. The van der Waals surface area contributed by atoms with Gasteiger partial charge >= 0.3 is 0 Å². The normalized spacial score (nSPS) is 20.0. The van der Waals surface area contributed by atoms with E-state index in [0.717, 1.165) is 5.56 Å². The third-order valence-corrected chi connectivity index (χ3v) is 4.29. The lowest BCUT2D eigenvalue weighted by Gasteiger charge is -2.22. The molecule has 0 unspecified atom stereocenters. The van der Waals surface area contributed by atoms with Gasteiger partial charge in [0.1, 0.15) is 0 Å². The van der Waals surface area contributed by atoms with Gasteiger partial charge in [0.05, 0.1) is 19.2 Å². The maximum Gasteiger partial charge on any atom is 0.251 e. The highest BCUT2D eigenvalue weighted by Crippen LogP contribution is 2.24. The number of Topliss-reactive ketones (excluding diaryl/α,β-unsaturated/α-hetero) is 1. The van der Waals surface area contributed by atoms with Crippen LogP contribution in [0.5, 0.6) is 0 Å². The molecular weight excluding hydrogens is 308 g/mol. The van der Waals surface area contributed by atoms with Crippen molar-refractivity contribution in [2.45, 2.75) is 26.3 Å². The second-order valence-corrected chi connectivity index (χ2v) is 6.28. The molecule has 6 heteroatoms. The number of nitrogens with zero attached hydrogens (tertiary/aromatic N) is 1. The molecule has 1 heterocycles. The minimum atomic E-state index is -0.422. The average Bonchev–Trinajstić information content (AvgIpc) is 2.97. The van der Waals surface area contributed by atoms with Crippen LogP contribution < -0.4 is 5.32 Å². The number of carbonyl (C=O) groups excluding carboxylic acids is 3. The van der Waals surface area contributed by atoms with E-state index in [4.69, 9.17) is 4.74 Å². The number of hydrogen-bond donors (Lipinski definition) is 1. The Kier molecular flexibility index (Phi) is 6.09. The first-order chi connectivity index (χ1) is 11.4. The number of methoxy groups -OCH3 is 1. The Morgan fingerprint density at radius 1 is 1.25 bits per heavy atom. The Labute approximate surface area is 142 Å². The van der Waals surface area contributed by atoms with Crippen molar-refractivity contribution in [3.63, 3.8) is 0 Å². The van der Waals surface area contributed by atoms with Gasteiger partial charge in [-0.2, -0.15) is 0 Å². The number of ether oxygens (including phenoxy) is 1. The maximum atomic E-state index is 12.4. The van der Waals surface area contributed by atoms with E-state index in [1.807, 2.05) is 19.1 Å². The molecule has 1 aromatic carbocycles. The molecule has 1 aliphatic rings. The lowest BCUT2D eigenvalue weighted by atomic mass is 10.0. The highest BCUT2D eigenvalue weighted by Gasteiger charge is 2.37. The van der Waals surface area contributed by atoms with Crippen molar-refractivity contribution in [2.75, 3.05) is 26.8 Å². The summed E-state index contributed by atoms with van der Waals surface area (Å²) in [6, 6.07) is 6.71. The molecule has 1 aromatic rings. The van der Waals surface area contributed by atoms with Crippen LogP contribution in [-0.4, -0.2) is 55.3 Å². The predicted octanol–water partition coefficient (Wildman–Crippen LogP) is 1.18. The molecule has 2 amide bonds. The van der Waals surface area contributed by atoms with Crippen LogP contribution in [0.4, 0.5) is 0 Å². The predicted molar refractivity (Wildman–Crippen MR) is 89.7 cm³/mol. The quantitative estimate of drug-likeness (QED) is 0.849. The van der Waals surface area contributed by atoms with Crippen molar-refractivity contribution in [3.8, 4) is 0 Å². The number of rotatable bonds is 6. The Bertz CT molecular complexity index is 612. The van der Waals surface area contributed by atoms with Crippen molar-refractivity contribution in [3.05, 3.63) is 35.4 Å². The summed E-state index contributed by atoms with van der Waals surface area (Å²) < 4.78 is 5.13. The van der Waals surface area contributed by atoms with E-state index in [0.29, 0.717) is 25.1 Å². The first-order valence-electron chi connectivity index (χ1n) is 8.06. The van der Waals surface area contributed by atoms with Gasteiger partial charge in [-0.1, -0.05) is 17.7 Å². The van der Waals surface area contributed by atoms with E-state index in [1.165, 1.54) is 6.92 Å². The zero-order valence-electron chi connectivity index (χ0n) is 14.4. The first kappa shape index (κ1) is 18.1. The Hall–Kier alpha value is -2.21. The number of ketones is 1. The molecule has 0 bridgehead atoms. The fourth-order valence-corrected chi connectivity index (χ4v) is 3.00. The molecule has 2 rings (SSSR count). The molecule has 1 fully saturated rings. The van der Waals surface area contributed by atoms with Gasteiger partial charge in [0.2, 0.25) is 5.91 Å². The summed E-state index contributed by atoms with van der Waals surface area (Å²) in [4.78, 5) is 37.8. The van der Waals surface area contributed by atoms with Gasteiger partial charge in [-0.05, 0) is 32.4 Å². The first-order valence-corrected chi connectivity index (χ1v) is 8.06. The highest BCUT2D eigenvalue weighted by molar-refractivity contribution is 5.97. The molecule has 1 N–H and O–H groups in total. The minimum absolute atomic E-state index is 0.0354. The molecule has 0 spiro atoms. The largest absolute Gasteiger partial charge is 0.384 e. The number of aryl methyl sites for hydroxylation is 1. The summed E-state index contributed by atoms with van der Waals surface area (Å²) in [5.41, 5.74) is 1.57. The van der Waals surface area contributed by atoms with Gasteiger partial charge < -0.3 is 15.0 Å². The number of amides is 2. The van der Waals surface area contributed by atoms with E-state index in [-0.39, 0.29) is 30.1 Å². The van der Waals surface area contributed by atoms with E-state index >= 15 is 0 Å². The molecule has 0 radical (unpaired) electrons. The van der Waals surface area contributed by atoms with Crippen molar-refractivity contribution >= 4 is 17.6 Å². The number of hydrogen-bond acceptors (Lipinski definition) is 4. The maximum absolute atomic E-state index is 12.4. The SMILES string of the molecule is COC[C@H]1C[C@@H](C(C)=O)N(C(=O)CNC(=O)c2ccc(C)cc2)C1. The summed E-state index contributed by atoms with van der Waals surface area (Å²) in [7, 11) is 1.61. The van der Waals surface area contributed by atoms with Crippen LogP contribution in [0, 0.1) is 12.8 Å². The fourth-order valence-electron chi connectivity index (χ4n) is 3.00. The topological polar surface area (TPSA) is 75.7 Å². The van der Waals surface area contributed by atoms with E-state index in [9.17, 15) is 14.4 Å². The van der Waals surface area contributed by atoms with E-state index < -0.39 is 6.04 Å². The van der Waals surface area contributed by atoms with Gasteiger partial charge in [0.25, 0.3) is 5.91 Å². The molecule has 130 valence electrons. The van der Waals surface area contributed by atoms with Crippen molar-refractivity contribution in [1.82, 2.24) is 10.2 Å². The van der Waals surface area contributed by atoms with Crippen molar-refractivity contribution in [1.29, 1.82) is 0 Å². The summed E-state index contributed by atoms with van der Waals surface area (Å²) >= 11 is 0. The third kappa shape index (κ3) is 4.41. The minimum Gasteiger partial charge on any atom is -0.384 e. The lowest BCUT2D eigenvalue weighted by Crippen LogP contribution is -2.45.